The van der Waals surface area contributed by atoms with Crippen molar-refractivity contribution in [2.24, 2.45) is 10.9 Å². The van der Waals surface area contributed by atoms with Crippen molar-refractivity contribution in [2.75, 3.05) is 46.9 Å². The number of aliphatic imine (C=N–C) groups is 1. The molecule has 0 bridgehead atoms. The first kappa shape index (κ1) is 16.2. The number of hydrogen-bond donors (Lipinski definition) is 2. The lowest BCUT2D eigenvalue weighted by molar-refractivity contribution is 0.00273. The van der Waals surface area contributed by atoms with Crippen molar-refractivity contribution in [3.05, 3.63) is 0 Å². The van der Waals surface area contributed by atoms with Gasteiger partial charge in [-0.1, -0.05) is 26.7 Å². The third kappa shape index (κ3) is 4.99. The predicted octanol–water partition coefficient (Wildman–Crippen LogP) is 0.918. The molecule has 0 amide bonds. The molecule has 0 radical (unpaired) electrons. The van der Waals surface area contributed by atoms with E-state index in [-0.39, 0.29) is 0 Å². The first-order chi connectivity index (χ1) is 9.26. The smallest absolute Gasteiger partial charge is 0.190 e. The third-order valence-electron chi connectivity index (χ3n) is 4.05. The Balaban J connectivity index is 2.62. The van der Waals surface area contributed by atoms with E-state index in [2.05, 4.69) is 34.4 Å². The fourth-order valence-electron chi connectivity index (χ4n) is 2.82. The lowest BCUT2D eigenvalue weighted by atomic mass is 9.92. The molecule has 5 nitrogen and oxygen atoms in total. The van der Waals surface area contributed by atoms with Crippen LogP contribution in [0.5, 0.6) is 0 Å². The second-order valence-electron chi connectivity index (χ2n) is 5.00. The lowest BCUT2D eigenvalue weighted by Crippen LogP contribution is -2.53. The summed E-state index contributed by atoms with van der Waals surface area (Å²) in [6.45, 7) is 9.32. The van der Waals surface area contributed by atoms with Crippen molar-refractivity contribution in [3.63, 3.8) is 0 Å². The molecular formula is C14H30N4O. The van der Waals surface area contributed by atoms with E-state index >= 15 is 0 Å². The summed E-state index contributed by atoms with van der Waals surface area (Å²) in [6.07, 6.45) is 2.44. The van der Waals surface area contributed by atoms with E-state index in [4.69, 9.17) is 4.74 Å². The Bertz CT molecular complexity index is 260. The van der Waals surface area contributed by atoms with Gasteiger partial charge in [-0.05, 0) is 5.92 Å². The Morgan fingerprint density at radius 3 is 2.37 bits per heavy atom. The van der Waals surface area contributed by atoms with Gasteiger partial charge in [-0.2, -0.15) is 0 Å². The zero-order chi connectivity index (χ0) is 14.1. The van der Waals surface area contributed by atoms with Crippen molar-refractivity contribution in [1.29, 1.82) is 0 Å². The van der Waals surface area contributed by atoms with Crippen LogP contribution < -0.4 is 10.6 Å². The van der Waals surface area contributed by atoms with E-state index in [9.17, 15) is 0 Å². The maximum atomic E-state index is 5.47. The van der Waals surface area contributed by atoms with Crippen LogP contribution in [0.25, 0.3) is 0 Å². The molecule has 0 spiro atoms. The van der Waals surface area contributed by atoms with Crippen LogP contribution in [0.2, 0.25) is 0 Å². The minimum Gasteiger partial charge on any atom is -0.379 e. The molecule has 1 heterocycles. The van der Waals surface area contributed by atoms with Gasteiger partial charge in [0.05, 0.1) is 13.2 Å². The standard InChI is InChI=1S/C14H30N4O/c1-5-12(6-2)13(11-17-14(15-3)16-4)18-7-9-19-10-8-18/h12-13H,5-11H2,1-4H3,(H2,15,16,17). The summed E-state index contributed by atoms with van der Waals surface area (Å²) >= 11 is 0. The van der Waals surface area contributed by atoms with Crippen LogP contribution >= 0.6 is 0 Å². The Labute approximate surface area is 117 Å². The zero-order valence-electron chi connectivity index (χ0n) is 12.9. The summed E-state index contributed by atoms with van der Waals surface area (Å²) in [4.78, 5) is 6.75. The molecule has 0 aromatic rings. The highest BCUT2D eigenvalue weighted by molar-refractivity contribution is 5.79. The summed E-state index contributed by atoms with van der Waals surface area (Å²) < 4.78 is 5.47. The van der Waals surface area contributed by atoms with Crippen LogP contribution in [-0.2, 0) is 4.74 Å². The summed E-state index contributed by atoms with van der Waals surface area (Å²) in [6, 6.07) is 0.559. The molecular weight excluding hydrogens is 240 g/mol. The van der Waals surface area contributed by atoms with E-state index < -0.39 is 0 Å². The molecule has 0 aromatic heterocycles. The molecule has 112 valence electrons. The molecule has 1 saturated heterocycles. The third-order valence-corrected chi connectivity index (χ3v) is 4.05. The van der Waals surface area contributed by atoms with Crippen molar-refractivity contribution >= 4 is 5.96 Å². The number of nitrogens with zero attached hydrogens (tertiary/aromatic N) is 2. The van der Waals surface area contributed by atoms with Gasteiger partial charge >= 0.3 is 0 Å². The summed E-state index contributed by atoms with van der Waals surface area (Å²) in [5.74, 6) is 1.59. The van der Waals surface area contributed by atoms with Gasteiger partial charge in [0.25, 0.3) is 0 Å². The molecule has 1 rings (SSSR count). The molecule has 0 saturated carbocycles. The van der Waals surface area contributed by atoms with Crippen LogP contribution in [0, 0.1) is 5.92 Å². The number of hydrogen-bond acceptors (Lipinski definition) is 3. The van der Waals surface area contributed by atoms with E-state index in [0.717, 1.165) is 44.7 Å². The average Bonchev–Trinajstić information content (AvgIpc) is 2.48. The number of nitrogens with one attached hydrogen (secondary N) is 2. The minimum atomic E-state index is 0.559. The van der Waals surface area contributed by atoms with E-state index in [1.54, 1.807) is 7.05 Å². The maximum Gasteiger partial charge on any atom is 0.190 e. The summed E-state index contributed by atoms with van der Waals surface area (Å²) in [5, 5.41) is 6.50. The normalized spacial score (nSPS) is 19.5. The van der Waals surface area contributed by atoms with Crippen LogP contribution in [0.4, 0.5) is 0 Å². The molecule has 1 fully saturated rings. The van der Waals surface area contributed by atoms with Crippen LogP contribution in [0.3, 0.4) is 0 Å². The first-order valence-electron chi connectivity index (χ1n) is 7.46. The van der Waals surface area contributed by atoms with Crippen molar-refractivity contribution < 1.29 is 4.74 Å². The number of guanidine groups is 1. The SMILES string of the molecule is CCC(CC)C(CNC(=NC)NC)N1CCOCC1. The molecule has 1 atom stereocenters. The van der Waals surface area contributed by atoms with Gasteiger partial charge < -0.3 is 15.4 Å². The molecule has 2 N–H and O–H groups in total. The molecule has 19 heavy (non-hydrogen) atoms. The van der Waals surface area contributed by atoms with Crippen LogP contribution in [0.15, 0.2) is 4.99 Å². The fourth-order valence-corrected chi connectivity index (χ4v) is 2.82. The second-order valence-corrected chi connectivity index (χ2v) is 5.00. The number of ether oxygens (including phenoxy) is 1. The van der Waals surface area contributed by atoms with Gasteiger partial charge in [-0.3, -0.25) is 9.89 Å². The van der Waals surface area contributed by atoms with Gasteiger partial charge in [0.15, 0.2) is 5.96 Å². The Kier molecular flexibility index (Phi) is 7.82. The molecule has 0 aliphatic carbocycles. The predicted molar refractivity (Wildman–Crippen MR) is 80.7 cm³/mol. The molecule has 5 heteroatoms. The second kappa shape index (κ2) is 9.15. The van der Waals surface area contributed by atoms with Crippen LogP contribution in [-0.4, -0.2) is 63.8 Å². The van der Waals surface area contributed by atoms with E-state index in [1.807, 2.05) is 7.05 Å². The van der Waals surface area contributed by atoms with Gasteiger partial charge in [-0.15, -0.1) is 0 Å². The summed E-state index contributed by atoms with van der Waals surface area (Å²) in [7, 11) is 3.70. The Morgan fingerprint density at radius 1 is 1.26 bits per heavy atom. The number of morpholine rings is 1. The lowest BCUT2D eigenvalue weighted by Gasteiger charge is -2.39. The topological polar surface area (TPSA) is 48.9 Å². The zero-order valence-corrected chi connectivity index (χ0v) is 12.9. The fraction of sp³-hybridized carbons (Fsp3) is 0.929. The monoisotopic (exact) mass is 270 g/mol. The van der Waals surface area contributed by atoms with Crippen LogP contribution in [0.1, 0.15) is 26.7 Å². The Hall–Kier alpha value is -0.810. The molecule has 1 aliphatic rings. The molecule has 0 aromatic carbocycles. The quantitative estimate of drug-likeness (QED) is 0.556. The molecule has 1 aliphatic heterocycles. The Morgan fingerprint density at radius 2 is 1.89 bits per heavy atom. The van der Waals surface area contributed by atoms with Gasteiger partial charge in [0, 0.05) is 39.8 Å². The highest BCUT2D eigenvalue weighted by Crippen LogP contribution is 2.19. The average molecular weight is 270 g/mol. The van der Waals surface area contributed by atoms with E-state index in [0.29, 0.717) is 6.04 Å². The highest BCUT2D eigenvalue weighted by Gasteiger charge is 2.26. The van der Waals surface area contributed by atoms with Gasteiger partial charge in [0.2, 0.25) is 0 Å². The first-order valence-corrected chi connectivity index (χ1v) is 7.46. The largest absolute Gasteiger partial charge is 0.379 e. The van der Waals surface area contributed by atoms with Crippen molar-refractivity contribution in [2.45, 2.75) is 32.7 Å². The van der Waals surface area contributed by atoms with Gasteiger partial charge in [-0.25, -0.2) is 0 Å². The minimum absolute atomic E-state index is 0.559. The number of rotatable bonds is 6. The van der Waals surface area contributed by atoms with Gasteiger partial charge in [0.1, 0.15) is 0 Å². The summed E-state index contributed by atoms with van der Waals surface area (Å²) in [5.41, 5.74) is 0. The van der Waals surface area contributed by atoms with E-state index in [1.165, 1.54) is 12.8 Å². The maximum absolute atomic E-state index is 5.47. The van der Waals surface area contributed by atoms with Crippen molar-refractivity contribution in [1.82, 2.24) is 15.5 Å². The molecule has 1 unspecified atom stereocenters. The van der Waals surface area contributed by atoms with Crippen molar-refractivity contribution in [3.8, 4) is 0 Å². The highest BCUT2D eigenvalue weighted by atomic mass is 16.5.